The van der Waals surface area contributed by atoms with Crippen LogP contribution in [0.1, 0.15) is 12.8 Å². The van der Waals surface area contributed by atoms with Crippen LogP contribution < -0.4 is 10.1 Å². The number of amides is 2. The normalized spacial score (nSPS) is 18.0. The van der Waals surface area contributed by atoms with Gasteiger partial charge in [0.15, 0.2) is 0 Å². The highest BCUT2D eigenvalue weighted by atomic mass is 16.5. The molecule has 1 heterocycles. The first-order valence-corrected chi connectivity index (χ1v) is 7.40. The topological polar surface area (TPSA) is 61.9 Å². The molecule has 1 fully saturated rings. The lowest BCUT2D eigenvalue weighted by atomic mass is 10.2. The number of rotatable bonds is 5. The van der Waals surface area contributed by atoms with Crippen molar-refractivity contribution in [2.24, 2.45) is 0 Å². The fraction of sp³-hybridized carbons (Fsp3) is 0.500. The molecule has 1 saturated heterocycles. The highest BCUT2D eigenvalue weighted by Gasteiger charge is 2.32. The van der Waals surface area contributed by atoms with Gasteiger partial charge < -0.3 is 15.0 Å². The molecular weight excluding hydrogens is 282 g/mol. The first-order valence-electron chi connectivity index (χ1n) is 7.40. The van der Waals surface area contributed by atoms with Crippen LogP contribution in [0.25, 0.3) is 0 Å². The van der Waals surface area contributed by atoms with E-state index in [1.54, 1.807) is 32.2 Å². The number of nitrogens with zero attached hydrogens (tertiary/aromatic N) is 2. The van der Waals surface area contributed by atoms with E-state index in [4.69, 9.17) is 4.74 Å². The summed E-state index contributed by atoms with van der Waals surface area (Å²) in [4.78, 5) is 27.8. The van der Waals surface area contributed by atoms with Gasteiger partial charge in [-0.25, -0.2) is 0 Å². The van der Waals surface area contributed by atoms with Crippen LogP contribution in [0.3, 0.4) is 0 Å². The first kappa shape index (κ1) is 16.3. The van der Waals surface area contributed by atoms with E-state index in [2.05, 4.69) is 5.32 Å². The number of likely N-dealkylation sites (tertiary alicyclic amines) is 1. The molecule has 1 aliphatic heterocycles. The Morgan fingerprint density at radius 1 is 1.41 bits per heavy atom. The molecule has 22 heavy (non-hydrogen) atoms. The number of nitrogens with one attached hydrogen (secondary N) is 1. The minimum absolute atomic E-state index is 0.0617. The van der Waals surface area contributed by atoms with Gasteiger partial charge in [0.25, 0.3) is 0 Å². The largest absolute Gasteiger partial charge is 0.497 e. The molecule has 0 bridgehead atoms. The van der Waals surface area contributed by atoms with Gasteiger partial charge in [-0.15, -0.1) is 0 Å². The SMILES string of the molecule is COc1cccc(NC(=O)CN2CCC[C@@H]2C(=O)N(C)C)c1. The Hall–Kier alpha value is -2.08. The molecule has 1 aromatic rings. The third-order valence-electron chi connectivity index (χ3n) is 3.79. The van der Waals surface area contributed by atoms with E-state index in [-0.39, 0.29) is 24.4 Å². The van der Waals surface area contributed by atoms with Gasteiger partial charge in [-0.3, -0.25) is 14.5 Å². The number of carbonyl (C=O) groups is 2. The van der Waals surface area contributed by atoms with Crippen molar-refractivity contribution in [3.8, 4) is 5.75 Å². The lowest BCUT2D eigenvalue weighted by molar-refractivity contribution is -0.133. The summed E-state index contributed by atoms with van der Waals surface area (Å²) in [5, 5.41) is 2.85. The molecular formula is C16H23N3O3. The Morgan fingerprint density at radius 3 is 2.86 bits per heavy atom. The van der Waals surface area contributed by atoms with Crippen molar-refractivity contribution >= 4 is 17.5 Å². The van der Waals surface area contributed by atoms with Crippen LogP contribution in [0, 0.1) is 0 Å². The summed E-state index contributed by atoms with van der Waals surface area (Å²) in [5.41, 5.74) is 0.694. The third kappa shape index (κ3) is 3.98. The Labute approximate surface area is 131 Å². The van der Waals surface area contributed by atoms with Crippen molar-refractivity contribution in [1.29, 1.82) is 0 Å². The molecule has 1 N–H and O–H groups in total. The molecule has 120 valence electrons. The van der Waals surface area contributed by atoms with Crippen molar-refractivity contribution < 1.29 is 14.3 Å². The number of hydrogen-bond acceptors (Lipinski definition) is 4. The van der Waals surface area contributed by atoms with Gasteiger partial charge in [0.05, 0.1) is 19.7 Å². The number of ether oxygens (including phenoxy) is 1. The first-order chi connectivity index (χ1) is 10.5. The second kappa shape index (κ2) is 7.26. The Balaban J connectivity index is 1.94. The second-order valence-corrected chi connectivity index (χ2v) is 5.64. The van der Waals surface area contributed by atoms with E-state index in [1.165, 1.54) is 0 Å². The standard InChI is InChI=1S/C16H23N3O3/c1-18(2)16(21)14-8-5-9-19(14)11-15(20)17-12-6-4-7-13(10-12)22-3/h4,6-7,10,14H,5,8-9,11H2,1-3H3,(H,17,20)/t14-/m1/s1. The number of anilines is 1. The van der Waals surface area contributed by atoms with E-state index in [1.807, 2.05) is 23.1 Å². The van der Waals surface area contributed by atoms with E-state index in [9.17, 15) is 9.59 Å². The van der Waals surface area contributed by atoms with Gasteiger partial charge in [0, 0.05) is 25.8 Å². The molecule has 1 aliphatic rings. The van der Waals surface area contributed by atoms with Crippen LogP contribution in [-0.4, -0.2) is 62.0 Å². The lowest BCUT2D eigenvalue weighted by Crippen LogP contribution is -2.45. The van der Waals surface area contributed by atoms with E-state index >= 15 is 0 Å². The molecule has 2 amide bonds. The fourth-order valence-electron chi connectivity index (χ4n) is 2.68. The predicted molar refractivity (Wildman–Crippen MR) is 84.9 cm³/mol. The van der Waals surface area contributed by atoms with Gasteiger partial charge in [0.1, 0.15) is 5.75 Å². The molecule has 1 aromatic carbocycles. The zero-order valence-electron chi connectivity index (χ0n) is 13.3. The third-order valence-corrected chi connectivity index (χ3v) is 3.79. The van der Waals surface area contributed by atoms with Crippen LogP contribution in [0.15, 0.2) is 24.3 Å². The molecule has 0 saturated carbocycles. The zero-order chi connectivity index (χ0) is 16.1. The number of hydrogen-bond donors (Lipinski definition) is 1. The van der Waals surface area contributed by atoms with E-state index in [0.717, 1.165) is 19.4 Å². The van der Waals surface area contributed by atoms with Gasteiger partial charge in [-0.1, -0.05) is 6.07 Å². The average molecular weight is 305 g/mol. The fourth-order valence-corrected chi connectivity index (χ4v) is 2.68. The van der Waals surface area contributed by atoms with Crippen LogP contribution in [-0.2, 0) is 9.59 Å². The van der Waals surface area contributed by atoms with Crippen LogP contribution in [0.2, 0.25) is 0 Å². The minimum atomic E-state index is -0.189. The van der Waals surface area contributed by atoms with E-state index in [0.29, 0.717) is 11.4 Å². The summed E-state index contributed by atoms with van der Waals surface area (Å²) in [6.45, 7) is 0.997. The number of carbonyl (C=O) groups excluding carboxylic acids is 2. The van der Waals surface area contributed by atoms with Crippen molar-refractivity contribution in [2.45, 2.75) is 18.9 Å². The Morgan fingerprint density at radius 2 is 2.18 bits per heavy atom. The van der Waals surface area contributed by atoms with Crippen molar-refractivity contribution in [3.63, 3.8) is 0 Å². The smallest absolute Gasteiger partial charge is 0.239 e. The van der Waals surface area contributed by atoms with Gasteiger partial charge in [-0.05, 0) is 31.5 Å². The quantitative estimate of drug-likeness (QED) is 0.887. The van der Waals surface area contributed by atoms with Crippen molar-refractivity contribution in [3.05, 3.63) is 24.3 Å². The second-order valence-electron chi connectivity index (χ2n) is 5.64. The molecule has 2 rings (SSSR count). The summed E-state index contributed by atoms with van der Waals surface area (Å²) < 4.78 is 5.13. The summed E-state index contributed by atoms with van der Waals surface area (Å²) in [7, 11) is 5.08. The minimum Gasteiger partial charge on any atom is -0.497 e. The van der Waals surface area contributed by atoms with Gasteiger partial charge >= 0.3 is 0 Å². The number of methoxy groups -OCH3 is 1. The summed E-state index contributed by atoms with van der Waals surface area (Å²) >= 11 is 0. The summed E-state index contributed by atoms with van der Waals surface area (Å²) in [6.07, 6.45) is 1.75. The predicted octanol–water partition coefficient (Wildman–Crippen LogP) is 1.19. The molecule has 0 radical (unpaired) electrons. The molecule has 6 nitrogen and oxygen atoms in total. The molecule has 6 heteroatoms. The Kier molecular flexibility index (Phi) is 5.38. The van der Waals surface area contributed by atoms with Crippen LogP contribution >= 0.6 is 0 Å². The van der Waals surface area contributed by atoms with E-state index < -0.39 is 0 Å². The van der Waals surface area contributed by atoms with Crippen LogP contribution in [0.5, 0.6) is 5.75 Å². The maximum Gasteiger partial charge on any atom is 0.239 e. The van der Waals surface area contributed by atoms with Crippen molar-refractivity contribution in [1.82, 2.24) is 9.80 Å². The number of benzene rings is 1. The zero-order valence-corrected chi connectivity index (χ0v) is 13.3. The molecule has 0 unspecified atom stereocenters. The average Bonchev–Trinajstić information content (AvgIpc) is 2.94. The molecule has 1 atom stereocenters. The molecule has 0 spiro atoms. The van der Waals surface area contributed by atoms with Gasteiger partial charge in [0.2, 0.25) is 11.8 Å². The summed E-state index contributed by atoms with van der Waals surface area (Å²) in [6, 6.07) is 7.04. The maximum absolute atomic E-state index is 12.2. The lowest BCUT2D eigenvalue weighted by Gasteiger charge is -2.25. The van der Waals surface area contributed by atoms with Crippen molar-refractivity contribution in [2.75, 3.05) is 39.6 Å². The Bertz CT molecular complexity index is 545. The molecule has 0 aromatic heterocycles. The summed E-state index contributed by atoms with van der Waals surface area (Å²) in [5.74, 6) is 0.637. The highest BCUT2D eigenvalue weighted by molar-refractivity contribution is 5.93. The monoisotopic (exact) mass is 305 g/mol. The highest BCUT2D eigenvalue weighted by Crippen LogP contribution is 2.20. The number of likely N-dealkylation sites (N-methyl/N-ethyl adjacent to an activating group) is 1. The van der Waals surface area contributed by atoms with Crippen LogP contribution in [0.4, 0.5) is 5.69 Å². The maximum atomic E-state index is 12.2. The van der Waals surface area contributed by atoms with Gasteiger partial charge in [-0.2, -0.15) is 0 Å². The molecule has 0 aliphatic carbocycles.